The Bertz CT molecular complexity index is 564. The smallest absolute Gasteiger partial charge is 0.243 e. The molecule has 0 radical (unpaired) electrons. The van der Waals surface area contributed by atoms with E-state index in [0.717, 1.165) is 31.5 Å². The molecule has 100 valence electrons. The summed E-state index contributed by atoms with van der Waals surface area (Å²) in [4.78, 5) is 4.51. The number of aryl methyl sites for hydroxylation is 1. The van der Waals surface area contributed by atoms with Crippen LogP contribution in [-0.2, 0) is 6.42 Å². The average Bonchev–Trinajstić information content (AvgIpc) is 3.05. The van der Waals surface area contributed by atoms with Crippen LogP contribution < -0.4 is 5.73 Å². The number of hydrogen-bond donors (Lipinski definition) is 1. The van der Waals surface area contributed by atoms with E-state index in [9.17, 15) is 0 Å². The van der Waals surface area contributed by atoms with Crippen LogP contribution in [0.1, 0.15) is 61.0 Å². The molecule has 0 bridgehead atoms. The summed E-state index contributed by atoms with van der Waals surface area (Å²) in [5.74, 6) is 1.62. The van der Waals surface area contributed by atoms with Crippen LogP contribution in [0.25, 0.3) is 0 Å². The molecule has 4 heteroatoms. The van der Waals surface area contributed by atoms with Gasteiger partial charge in [-0.15, -0.1) is 0 Å². The molecule has 1 unspecified atom stereocenters. The highest BCUT2D eigenvalue weighted by Crippen LogP contribution is 2.36. The summed E-state index contributed by atoms with van der Waals surface area (Å²) >= 11 is 0. The maximum Gasteiger partial charge on any atom is 0.243 e. The maximum atomic E-state index is 6.02. The summed E-state index contributed by atoms with van der Waals surface area (Å²) in [5.41, 5.74) is 8.75. The fourth-order valence-electron chi connectivity index (χ4n) is 2.80. The van der Waals surface area contributed by atoms with Crippen LogP contribution >= 0.6 is 0 Å². The molecule has 2 N–H and O–H groups in total. The third-order valence-electron chi connectivity index (χ3n) is 3.82. The number of hydrogen-bond acceptors (Lipinski definition) is 4. The number of nitrogens with zero attached hydrogens (tertiary/aromatic N) is 2. The Balaban J connectivity index is 1.85. The second-order valence-electron chi connectivity index (χ2n) is 5.18. The zero-order valence-electron chi connectivity index (χ0n) is 11.2. The van der Waals surface area contributed by atoms with Gasteiger partial charge in [0.2, 0.25) is 5.89 Å². The van der Waals surface area contributed by atoms with Gasteiger partial charge in [-0.3, -0.25) is 0 Å². The van der Waals surface area contributed by atoms with E-state index in [1.165, 1.54) is 11.1 Å². The molecule has 0 spiro atoms. The van der Waals surface area contributed by atoms with Crippen molar-refractivity contribution < 1.29 is 4.52 Å². The highest BCUT2D eigenvalue weighted by Gasteiger charge is 2.28. The summed E-state index contributed by atoms with van der Waals surface area (Å²) in [6.07, 6.45) is 4.04. The topological polar surface area (TPSA) is 64.9 Å². The Hall–Kier alpha value is -1.68. The van der Waals surface area contributed by atoms with Crippen molar-refractivity contribution in [3.8, 4) is 0 Å². The van der Waals surface area contributed by atoms with E-state index in [2.05, 4.69) is 41.3 Å². The summed E-state index contributed by atoms with van der Waals surface area (Å²) in [6, 6.07) is 8.36. The molecule has 0 amide bonds. The predicted molar refractivity (Wildman–Crippen MR) is 72.7 cm³/mol. The van der Waals surface area contributed by atoms with Crippen LogP contribution in [-0.4, -0.2) is 10.1 Å². The highest BCUT2D eigenvalue weighted by molar-refractivity contribution is 5.38. The van der Waals surface area contributed by atoms with Gasteiger partial charge < -0.3 is 10.3 Å². The molecule has 1 aromatic heterocycles. The number of rotatable bonds is 4. The standard InChI is InChI=1S/C15H19N3O/c1-2-5-13(16)15-17-14(18-19-15)12-9-8-10-6-3-4-7-11(10)12/h3-4,6-7,12-13H,2,5,8-9,16H2,1H3/t12?,13-/m0/s1. The van der Waals surface area contributed by atoms with E-state index in [0.29, 0.717) is 5.89 Å². The Kier molecular flexibility index (Phi) is 3.34. The first kappa shape index (κ1) is 12.4. The molecular formula is C15H19N3O. The van der Waals surface area contributed by atoms with Crippen LogP contribution in [0.5, 0.6) is 0 Å². The lowest BCUT2D eigenvalue weighted by Crippen LogP contribution is -2.10. The van der Waals surface area contributed by atoms with Crippen molar-refractivity contribution in [1.29, 1.82) is 0 Å². The highest BCUT2D eigenvalue weighted by atomic mass is 16.5. The Labute approximate surface area is 113 Å². The fourth-order valence-corrected chi connectivity index (χ4v) is 2.80. The molecule has 4 nitrogen and oxygen atoms in total. The van der Waals surface area contributed by atoms with Crippen molar-refractivity contribution in [2.45, 2.75) is 44.6 Å². The molecule has 2 atom stereocenters. The first-order valence-corrected chi connectivity index (χ1v) is 6.96. The lowest BCUT2D eigenvalue weighted by molar-refractivity contribution is 0.343. The fraction of sp³-hybridized carbons (Fsp3) is 0.467. The molecule has 3 rings (SSSR count). The molecular weight excluding hydrogens is 238 g/mol. The summed E-state index contributed by atoms with van der Waals surface area (Å²) < 4.78 is 5.32. The third kappa shape index (κ3) is 2.28. The zero-order valence-corrected chi connectivity index (χ0v) is 11.2. The molecule has 1 heterocycles. The quantitative estimate of drug-likeness (QED) is 0.914. The van der Waals surface area contributed by atoms with Gasteiger partial charge in [-0.25, -0.2) is 0 Å². The van der Waals surface area contributed by atoms with Gasteiger partial charge in [0, 0.05) is 5.92 Å². The normalized spacial score (nSPS) is 19.4. The molecule has 19 heavy (non-hydrogen) atoms. The van der Waals surface area contributed by atoms with E-state index in [-0.39, 0.29) is 12.0 Å². The minimum Gasteiger partial charge on any atom is -0.338 e. The number of fused-ring (bicyclic) bond motifs is 1. The van der Waals surface area contributed by atoms with Crippen LogP contribution in [0.2, 0.25) is 0 Å². The number of nitrogens with two attached hydrogens (primary N) is 1. The van der Waals surface area contributed by atoms with Gasteiger partial charge in [0.15, 0.2) is 5.82 Å². The molecule has 1 aromatic carbocycles. The van der Waals surface area contributed by atoms with E-state index in [1.54, 1.807) is 0 Å². The van der Waals surface area contributed by atoms with E-state index in [1.807, 2.05) is 0 Å². The van der Waals surface area contributed by atoms with Gasteiger partial charge >= 0.3 is 0 Å². The van der Waals surface area contributed by atoms with Gasteiger partial charge in [-0.05, 0) is 30.4 Å². The molecule has 0 saturated heterocycles. The molecule has 0 saturated carbocycles. The van der Waals surface area contributed by atoms with Crippen molar-refractivity contribution in [2.24, 2.45) is 5.73 Å². The SMILES string of the molecule is CCC[C@H](N)c1nc(C2CCc3ccccc32)no1. The minimum atomic E-state index is -0.136. The van der Waals surface area contributed by atoms with Crippen molar-refractivity contribution in [1.82, 2.24) is 10.1 Å². The molecule has 2 aromatic rings. The van der Waals surface area contributed by atoms with Gasteiger partial charge in [-0.2, -0.15) is 4.98 Å². The van der Waals surface area contributed by atoms with E-state index < -0.39 is 0 Å². The number of aromatic nitrogens is 2. The Morgan fingerprint density at radius 1 is 1.42 bits per heavy atom. The average molecular weight is 257 g/mol. The first-order valence-electron chi connectivity index (χ1n) is 6.96. The maximum absolute atomic E-state index is 6.02. The second-order valence-corrected chi connectivity index (χ2v) is 5.18. The van der Waals surface area contributed by atoms with Crippen molar-refractivity contribution in [3.63, 3.8) is 0 Å². The lowest BCUT2D eigenvalue weighted by atomic mass is 10.0. The van der Waals surface area contributed by atoms with Crippen molar-refractivity contribution in [3.05, 3.63) is 47.1 Å². The molecule has 1 aliphatic rings. The van der Waals surface area contributed by atoms with Gasteiger partial charge in [-0.1, -0.05) is 42.8 Å². The van der Waals surface area contributed by atoms with Crippen molar-refractivity contribution in [2.75, 3.05) is 0 Å². The lowest BCUT2D eigenvalue weighted by Gasteiger charge is -2.06. The first-order chi connectivity index (χ1) is 9.29. The third-order valence-corrected chi connectivity index (χ3v) is 3.82. The van der Waals surface area contributed by atoms with Gasteiger partial charge in [0.1, 0.15) is 0 Å². The van der Waals surface area contributed by atoms with Gasteiger partial charge in [0.25, 0.3) is 0 Å². The molecule has 1 aliphatic carbocycles. The Morgan fingerprint density at radius 3 is 3.11 bits per heavy atom. The van der Waals surface area contributed by atoms with Crippen LogP contribution in [0.3, 0.4) is 0 Å². The van der Waals surface area contributed by atoms with E-state index >= 15 is 0 Å². The second kappa shape index (κ2) is 5.13. The Morgan fingerprint density at radius 2 is 2.26 bits per heavy atom. The zero-order chi connectivity index (χ0) is 13.2. The monoisotopic (exact) mass is 257 g/mol. The summed E-state index contributed by atoms with van der Waals surface area (Å²) in [5, 5.41) is 4.13. The van der Waals surface area contributed by atoms with Gasteiger partial charge in [0.05, 0.1) is 6.04 Å². The van der Waals surface area contributed by atoms with E-state index in [4.69, 9.17) is 10.3 Å². The van der Waals surface area contributed by atoms with Crippen molar-refractivity contribution >= 4 is 0 Å². The van der Waals surface area contributed by atoms with Crippen LogP contribution in [0, 0.1) is 0 Å². The molecule has 0 aliphatic heterocycles. The number of benzene rings is 1. The largest absolute Gasteiger partial charge is 0.338 e. The summed E-state index contributed by atoms with van der Waals surface area (Å²) in [7, 11) is 0. The van der Waals surface area contributed by atoms with Crippen LogP contribution in [0.15, 0.2) is 28.8 Å². The predicted octanol–water partition coefficient (Wildman–Crippen LogP) is 2.95. The summed E-state index contributed by atoms with van der Waals surface area (Å²) in [6.45, 7) is 2.10. The minimum absolute atomic E-state index is 0.136. The van der Waals surface area contributed by atoms with Crippen LogP contribution in [0.4, 0.5) is 0 Å². The molecule has 0 fully saturated rings.